The molecule has 0 aliphatic heterocycles. The Morgan fingerprint density at radius 3 is 2.57 bits per heavy atom. The summed E-state index contributed by atoms with van der Waals surface area (Å²) in [5.74, 6) is 0.0522. The van der Waals surface area contributed by atoms with Crippen molar-refractivity contribution in [1.82, 2.24) is 15.5 Å². The number of esters is 1. The van der Waals surface area contributed by atoms with Crippen molar-refractivity contribution in [2.75, 3.05) is 12.9 Å². The minimum atomic E-state index is -0.392. The first kappa shape index (κ1) is 19.6. The van der Waals surface area contributed by atoms with Gasteiger partial charge in [-0.2, -0.15) is 0 Å². The van der Waals surface area contributed by atoms with E-state index in [9.17, 15) is 9.59 Å². The highest BCUT2D eigenvalue weighted by Gasteiger charge is 2.12. The number of nitrogens with one attached hydrogen (secondary N) is 1. The normalized spacial score (nSPS) is 10.5. The number of thioether (sulfide) groups is 1. The van der Waals surface area contributed by atoms with Crippen LogP contribution in [-0.4, -0.2) is 34.9 Å². The highest BCUT2D eigenvalue weighted by Crippen LogP contribution is 2.25. The summed E-state index contributed by atoms with van der Waals surface area (Å²) in [6.45, 7) is 2.33. The Balaban J connectivity index is 1.48. The third kappa shape index (κ3) is 4.98. The van der Waals surface area contributed by atoms with Crippen LogP contribution in [0.25, 0.3) is 11.5 Å². The smallest absolute Gasteiger partial charge is 0.337 e. The van der Waals surface area contributed by atoms with E-state index in [1.54, 1.807) is 24.3 Å². The minimum Gasteiger partial charge on any atom is -0.465 e. The molecule has 0 aliphatic carbocycles. The average molecular weight is 397 g/mol. The molecule has 0 bridgehead atoms. The molecule has 0 aliphatic rings. The molecule has 2 aromatic carbocycles. The Hall–Kier alpha value is -3.13. The Bertz CT molecular complexity index is 970. The summed E-state index contributed by atoms with van der Waals surface area (Å²) in [5.41, 5.74) is 3.26. The van der Waals surface area contributed by atoms with Gasteiger partial charge in [-0.25, -0.2) is 4.79 Å². The highest BCUT2D eigenvalue weighted by molar-refractivity contribution is 7.99. The Morgan fingerprint density at radius 2 is 1.86 bits per heavy atom. The Kier molecular flexibility index (Phi) is 6.44. The highest BCUT2D eigenvalue weighted by atomic mass is 32.2. The first-order chi connectivity index (χ1) is 13.6. The van der Waals surface area contributed by atoms with Gasteiger partial charge in [0.25, 0.3) is 5.22 Å². The number of carbonyl (C=O) groups is 2. The van der Waals surface area contributed by atoms with Gasteiger partial charge in [-0.15, -0.1) is 10.2 Å². The van der Waals surface area contributed by atoms with Gasteiger partial charge in [-0.3, -0.25) is 4.79 Å². The van der Waals surface area contributed by atoms with Crippen LogP contribution in [0.5, 0.6) is 0 Å². The molecule has 8 heteroatoms. The molecular weight excluding hydrogens is 378 g/mol. The summed E-state index contributed by atoms with van der Waals surface area (Å²) < 4.78 is 10.3. The van der Waals surface area contributed by atoms with Gasteiger partial charge in [0.05, 0.1) is 18.4 Å². The molecule has 28 heavy (non-hydrogen) atoms. The number of hydrogen-bond acceptors (Lipinski definition) is 7. The number of aryl methyl sites for hydroxylation is 1. The van der Waals surface area contributed by atoms with Crippen molar-refractivity contribution in [2.24, 2.45) is 0 Å². The lowest BCUT2D eigenvalue weighted by Crippen LogP contribution is -2.24. The van der Waals surface area contributed by atoms with Gasteiger partial charge in [-0.1, -0.05) is 42.1 Å². The third-order valence-electron chi connectivity index (χ3n) is 3.97. The Morgan fingerprint density at radius 1 is 1.11 bits per heavy atom. The molecule has 0 saturated carbocycles. The molecular formula is C20H19N3O4S. The minimum absolute atomic E-state index is 0.155. The van der Waals surface area contributed by atoms with Crippen LogP contribution >= 0.6 is 11.8 Å². The van der Waals surface area contributed by atoms with Crippen molar-refractivity contribution in [3.8, 4) is 11.5 Å². The van der Waals surface area contributed by atoms with Crippen molar-refractivity contribution >= 4 is 23.6 Å². The second-order valence-corrected chi connectivity index (χ2v) is 6.87. The fourth-order valence-electron chi connectivity index (χ4n) is 2.45. The molecule has 0 atom stereocenters. The van der Waals surface area contributed by atoms with E-state index >= 15 is 0 Å². The van der Waals surface area contributed by atoms with E-state index in [4.69, 9.17) is 4.42 Å². The van der Waals surface area contributed by atoms with Crippen LogP contribution in [0.4, 0.5) is 0 Å². The number of benzene rings is 2. The van der Waals surface area contributed by atoms with Crippen LogP contribution in [0.15, 0.2) is 58.2 Å². The third-order valence-corrected chi connectivity index (χ3v) is 4.79. The zero-order valence-corrected chi connectivity index (χ0v) is 16.3. The summed E-state index contributed by atoms with van der Waals surface area (Å²) in [4.78, 5) is 23.5. The molecule has 1 aromatic heterocycles. The average Bonchev–Trinajstić information content (AvgIpc) is 3.19. The van der Waals surface area contributed by atoms with Gasteiger partial charge in [-0.05, 0) is 36.2 Å². The maximum Gasteiger partial charge on any atom is 0.337 e. The molecule has 0 fully saturated rings. The topological polar surface area (TPSA) is 94.3 Å². The molecule has 0 saturated heterocycles. The van der Waals surface area contributed by atoms with E-state index in [1.165, 1.54) is 18.9 Å². The Labute approximate surface area is 166 Å². The van der Waals surface area contributed by atoms with E-state index in [0.29, 0.717) is 23.2 Å². The standard InChI is InChI=1S/C20H19N3O4S/c1-13-5-3-4-6-16(13)18-22-23-20(27-18)28-12-17(24)21-11-14-7-9-15(10-8-14)19(25)26-2/h3-10H,11-12H2,1-2H3,(H,21,24). The van der Waals surface area contributed by atoms with Gasteiger partial charge < -0.3 is 14.5 Å². The SMILES string of the molecule is COC(=O)c1ccc(CNC(=O)CSc2nnc(-c3ccccc3C)o2)cc1. The molecule has 3 rings (SSSR count). The predicted octanol–water partition coefficient (Wildman–Crippen LogP) is 3.24. The molecule has 7 nitrogen and oxygen atoms in total. The molecule has 3 aromatic rings. The maximum atomic E-state index is 12.0. The molecule has 1 heterocycles. The molecule has 144 valence electrons. The van der Waals surface area contributed by atoms with Crippen molar-refractivity contribution in [3.05, 3.63) is 65.2 Å². The summed E-state index contributed by atoms with van der Waals surface area (Å²) in [6.07, 6.45) is 0. The second-order valence-electron chi connectivity index (χ2n) is 5.94. The van der Waals surface area contributed by atoms with Crippen LogP contribution in [0.3, 0.4) is 0 Å². The lowest BCUT2D eigenvalue weighted by molar-refractivity contribution is -0.118. The maximum absolute atomic E-state index is 12.0. The number of rotatable bonds is 7. The number of methoxy groups -OCH3 is 1. The summed E-state index contributed by atoms with van der Waals surface area (Å²) in [5, 5.41) is 11.2. The largest absolute Gasteiger partial charge is 0.465 e. The van der Waals surface area contributed by atoms with Crippen LogP contribution < -0.4 is 5.32 Å². The van der Waals surface area contributed by atoms with Crippen molar-refractivity contribution < 1.29 is 18.7 Å². The number of aromatic nitrogens is 2. The summed E-state index contributed by atoms with van der Waals surface area (Å²) in [7, 11) is 1.33. The first-order valence-electron chi connectivity index (χ1n) is 8.53. The summed E-state index contributed by atoms with van der Waals surface area (Å²) >= 11 is 1.18. The quantitative estimate of drug-likeness (QED) is 0.483. The van der Waals surface area contributed by atoms with E-state index in [2.05, 4.69) is 20.3 Å². The zero-order valence-electron chi connectivity index (χ0n) is 15.5. The summed E-state index contributed by atoms with van der Waals surface area (Å²) in [6, 6.07) is 14.6. The van der Waals surface area contributed by atoms with Crippen LogP contribution in [0.1, 0.15) is 21.5 Å². The van der Waals surface area contributed by atoms with E-state index in [-0.39, 0.29) is 11.7 Å². The number of ether oxygens (including phenoxy) is 1. The lowest BCUT2D eigenvalue weighted by atomic mass is 10.1. The number of carbonyl (C=O) groups excluding carboxylic acids is 2. The van der Waals surface area contributed by atoms with Gasteiger partial charge in [0.1, 0.15) is 0 Å². The molecule has 1 N–H and O–H groups in total. The van der Waals surface area contributed by atoms with Crippen molar-refractivity contribution in [2.45, 2.75) is 18.7 Å². The molecule has 0 spiro atoms. The van der Waals surface area contributed by atoms with Gasteiger partial charge in [0.2, 0.25) is 11.8 Å². The molecule has 0 unspecified atom stereocenters. The second kappa shape index (κ2) is 9.18. The van der Waals surface area contributed by atoms with Crippen LogP contribution in [0, 0.1) is 6.92 Å². The number of hydrogen-bond donors (Lipinski definition) is 1. The van der Waals surface area contributed by atoms with Crippen molar-refractivity contribution in [1.29, 1.82) is 0 Å². The van der Waals surface area contributed by atoms with Crippen molar-refractivity contribution in [3.63, 3.8) is 0 Å². The van der Waals surface area contributed by atoms with Crippen LogP contribution in [-0.2, 0) is 16.1 Å². The first-order valence-corrected chi connectivity index (χ1v) is 9.51. The monoisotopic (exact) mass is 397 g/mol. The fraction of sp³-hybridized carbons (Fsp3) is 0.200. The zero-order chi connectivity index (χ0) is 19.9. The van der Waals surface area contributed by atoms with Gasteiger partial charge in [0.15, 0.2) is 0 Å². The van der Waals surface area contributed by atoms with E-state index in [1.807, 2.05) is 31.2 Å². The van der Waals surface area contributed by atoms with E-state index in [0.717, 1.165) is 16.7 Å². The van der Waals surface area contributed by atoms with Crippen LogP contribution in [0.2, 0.25) is 0 Å². The lowest BCUT2D eigenvalue weighted by Gasteiger charge is -2.05. The molecule has 0 radical (unpaired) electrons. The van der Waals surface area contributed by atoms with Gasteiger partial charge >= 0.3 is 5.97 Å². The van der Waals surface area contributed by atoms with E-state index < -0.39 is 5.97 Å². The fourth-order valence-corrected chi connectivity index (χ4v) is 3.04. The predicted molar refractivity (Wildman–Crippen MR) is 105 cm³/mol. The molecule has 1 amide bonds. The van der Waals surface area contributed by atoms with Gasteiger partial charge in [0, 0.05) is 12.1 Å². The number of amides is 1. The number of nitrogens with zero attached hydrogens (tertiary/aromatic N) is 2.